The summed E-state index contributed by atoms with van der Waals surface area (Å²) in [5, 5.41) is 12.2. The third-order valence-corrected chi connectivity index (χ3v) is 6.43. The summed E-state index contributed by atoms with van der Waals surface area (Å²) in [4.78, 5) is 18.9. The molecule has 4 heterocycles. The number of hydrogen-bond acceptors (Lipinski definition) is 5. The van der Waals surface area contributed by atoms with Gasteiger partial charge in [-0.25, -0.2) is 4.98 Å². The molecule has 154 valence electrons. The van der Waals surface area contributed by atoms with Crippen LogP contribution >= 0.6 is 24.8 Å². The van der Waals surface area contributed by atoms with Crippen molar-refractivity contribution in [2.75, 3.05) is 26.2 Å². The normalized spacial score (nSPS) is 26.3. The number of imidazole rings is 1. The van der Waals surface area contributed by atoms with E-state index in [0.717, 1.165) is 50.7 Å². The highest BCUT2D eigenvalue weighted by molar-refractivity contribution is 5.85. The van der Waals surface area contributed by atoms with Crippen LogP contribution in [0.5, 0.6) is 0 Å². The molecule has 2 aromatic rings. The van der Waals surface area contributed by atoms with E-state index >= 15 is 0 Å². The number of aromatic nitrogens is 5. The Morgan fingerprint density at radius 3 is 2.54 bits per heavy atom. The fourth-order valence-corrected chi connectivity index (χ4v) is 4.77. The minimum atomic E-state index is 0. The molecule has 2 aromatic heterocycles. The van der Waals surface area contributed by atoms with Crippen LogP contribution in [0, 0.1) is 17.8 Å². The molecule has 0 radical (unpaired) electrons. The first-order valence-electron chi connectivity index (χ1n) is 9.56. The van der Waals surface area contributed by atoms with E-state index in [0.29, 0.717) is 36.1 Å². The van der Waals surface area contributed by atoms with Gasteiger partial charge in [0.2, 0.25) is 5.91 Å². The lowest BCUT2D eigenvalue weighted by atomic mass is 9.95. The van der Waals surface area contributed by atoms with Crippen LogP contribution in [0.2, 0.25) is 0 Å². The quantitative estimate of drug-likeness (QED) is 0.788. The Labute approximate surface area is 176 Å². The number of amides is 1. The van der Waals surface area contributed by atoms with Gasteiger partial charge in [0.25, 0.3) is 0 Å². The number of nitrogens with one attached hydrogen (secondary N) is 1. The number of carbonyl (C=O) groups excluding carboxylic acids is 1. The minimum Gasteiger partial charge on any atom is -0.342 e. The van der Waals surface area contributed by atoms with Crippen molar-refractivity contribution in [3.8, 4) is 0 Å². The highest BCUT2D eigenvalue weighted by Crippen LogP contribution is 2.49. The summed E-state index contributed by atoms with van der Waals surface area (Å²) in [6.45, 7) is 4.42. The van der Waals surface area contributed by atoms with Crippen molar-refractivity contribution in [2.45, 2.75) is 25.3 Å². The van der Waals surface area contributed by atoms with Crippen LogP contribution in [-0.2, 0) is 18.4 Å². The fourth-order valence-electron chi connectivity index (χ4n) is 4.77. The highest BCUT2D eigenvalue weighted by atomic mass is 35.5. The third-order valence-electron chi connectivity index (χ3n) is 6.43. The molecule has 28 heavy (non-hydrogen) atoms. The Bertz CT molecular complexity index is 791. The molecule has 1 saturated carbocycles. The van der Waals surface area contributed by atoms with Gasteiger partial charge in [0.05, 0.1) is 12.9 Å². The first-order chi connectivity index (χ1) is 12.7. The summed E-state index contributed by atoms with van der Waals surface area (Å²) >= 11 is 0. The zero-order chi connectivity index (χ0) is 17.7. The molecule has 1 N–H and O–H groups in total. The molecule has 0 bridgehead atoms. The SMILES string of the molecule is Cl.Cl.Cn1c(Cn2ccnc2)nnc1C1CCN(C(=O)C2[C@H]3CNC[C@@H]23)CC1. The van der Waals surface area contributed by atoms with Gasteiger partial charge >= 0.3 is 0 Å². The maximum atomic E-state index is 12.7. The molecular weight excluding hydrogens is 401 g/mol. The van der Waals surface area contributed by atoms with Gasteiger partial charge < -0.3 is 19.4 Å². The average molecular weight is 428 g/mol. The molecule has 3 aliphatic rings. The van der Waals surface area contributed by atoms with Crippen LogP contribution in [0.25, 0.3) is 0 Å². The maximum Gasteiger partial charge on any atom is 0.226 e. The van der Waals surface area contributed by atoms with Gasteiger partial charge in [-0.15, -0.1) is 35.0 Å². The second-order valence-corrected chi connectivity index (χ2v) is 7.88. The van der Waals surface area contributed by atoms with Crippen LogP contribution < -0.4 is 5.32 Å². The van der Waals surface area contributed by atoms with E-state index in [1.807, 2.05) is 17.8 Å². The standard InChI is InChI=1S/C18H25N7O.2ClH/c1-23-15(10-24-7-4-19-11-24)21-22-17(23)12-2-5-25(6-3-12)18(26)16-13-8-20-9-14(13)16;;/h4,7,11-14,16,20H,2-3,5-6,8-10H2,1H3;2*1H/t13-,14+,16?;;. The average Bonchev–Trinajstić information content (AvgIpc) is 3.12. The zero-order valence-corrected chi connectivity index (χ0v) is 17.5. The van der Waals surface area contributed by atoms with E-state index in [-0.39, 0.29) is 24.8 Å². The Morgan fingerprint density at radius 2 is 1.89 bits per heavy atom. The first kappa shape index (κ1) is 21.1. The van der Waals surface area contributed by atoms with E-state index in [9.17, 15) is 4.79 Å². The van der Waals surface area contributed by atoms with Crippen LogP contribution in [0.1, 0.15) is 30.4 Å². The molecule has 3 atom stereocenters. The molecule has 2 aliphatic heterocycles. The van der Waals surface area contributed by atoms with Gasteiger partial charge in [0.1, 0.15) is 5.82 Å². The molecule has 2 saturated heterocycles. The van der Waals surface area contributed by atoms with Crippen molar-refractivity contribution >= 4 is 30.7 Å². The fraction of sp³-hybridized carbons (Fsp3) is 0.667. The lowest BCUT2D eigenvalue weighted by Gasteiger charge is -2.32. The molecule has 1 unspecified atom stereocenters. The predicted molar refractivity (Wildman–Crippen MR) is 109 cm³/mol. The molecule has 8 nitrogen and oxygen atoms in total. The molecular formula is C18H27Cl2N7O. The van der Waals surface area contributed by atoms with E-state index in [2.05, 4.69) is 30.0 Å². The Morgan fingerprint density at radius 1 is 1.18 bits per heavy atom. The lowest BCUT2D eigenvalue weighted by Crippen LogP contribution is -2.40. The summed E-state index contributed by atoms with van der Waals surface area (Å²) in [7, 11) is 2.04. The number of nitrogens with zero attached hydrogens (tertiary/aromatic N) is 6. The van der Waals surface area contributed by atoms with Crippen LogP contribution in [0.15, 0.2) is 18.7 Å². The topological polar surface area (TPSA) is 80.9 Å². The van der Waals surface area contributed by atoms with Gasteiger partial charge in [0, 0.05) is 44.4 Å². The number of hydrogen-bond donors (Lipinski definition) is 1. The molecule has 10 heteroatoms. The second kappa shape index (κ2) is 8.39. The molecule has 0 aromatic carbocycles. The van der Waals surface area contributed by atoms with Crippen molar-refractivity contribution in [2.24, 2.45) is 24.8 Å². The van der Waals surface area contributed by atoms with E-state index in [4.69, 9.17) is 0 Å². The van der Waals surface area contributed by atoms with Crippen LogP contribution in [0.3, 0.4) is 0 Å². The predicted octanol–water partition coefficient (Wildman–Crippen LogP) is 1.07. The number of likely N-dealkylation sites (tertiary alicyclic amines) is 1. The van der Waals surface area contributed by atoms with E-state index < -0.39 is 0 Å². The minimum absolute atomic E-state index is 0. The van der Waals surface area contributed by atoms with Gasteiger partial charge in [-0.2, -0.15) is 0 Å². The van der Waals surface area contributed by atoms with Crippen molar-refractivity contribution in [1.82, 2.24) is 34.5 Å². The van der Waals surface area contributed by atoms with Crippen molar-refractivity contribution in [1.29, 1.82) is 0 Å². The van der Waals surface area contributed by atoms with Crippen LogP contribution in [-0.4, -0.2) is 61.3 Å². The Balaban J connectivity index is 0.00000112. The number of halogens is 2. The lowest BCUT2D eigenvalue weighted by molar-refractivity contribution is -0.134. The monoisotopic (exact) mass is 427 g/mol. The number of fused-ring (bicyclic) bond motifs is 1. The van der Waals surface area contributed by atoms with E-state index in [1.165, 1.54) is 0 Å². The molecule has 0 spiro atoms. The summed E-state index contributed by atoms with van der Waals surface area (Å²) in [5.41, 5.74) is 0. The third kappa shape index (κ3) is 3.65. The summed E-state index contributed by atoms with van der Waals surface area (Å²) in [6, 6.07) is 0. The molecule has 1 amide bonds. The van der Waals surface area contributed by atoms with Gasteiger partial charge in [0.15, 0.2) is 5.82 Å². The van der Waals surface area contributed by atoms with Gasteiger partial charge in [-0.05, 0) is 37.8 Å². The van der Waals surface area contributed by atoms with Crippen molar-refractivity contribution in [3.63, 3.8) is 0 Å². The summed E-state index contributed by atoms with van der Waals surface area (Å²) in [5.74, 6) is 4.25. The first-order valence-corrected chi connectivity index (χ1v) is 9.56. The van der Waals surface area contributed by atoms with Crippen LogP contribution in [0.4, 0.5) is 0 Å². The van der Waals surface area contributed by atoms with Gasteiger partial charge in [-0.3, -0.25) is 4.79 Å². The van der Waals surface area contributed by atoms with Crippen molar-refractivity contribution < 1.29 is 4.79 Å². The number of carbonyl (C=O) groups is 1. The molecule has 1 aliphatic carbocycles. The summed E-state index contributed by atoms with van der Waals surface area (Å²) in [6.07, 6.45) is 7.45. The maximum absolute atomic E-state index is 12.7. The smallest absolute Gasteiger partial charge is 0.226 e. The molecule has 5 rings (SSSR count). The highest BCUT2D eigenvalue weighted by Gasteiger charge is 2.57. The number of piperidine rings is 2. The largest absolute Gasteiger partial charge is 0.342 e. The summed E-state index contributed by atoms with van der Waals surface area (Å²) < 4.78 is 4.11. The second-order valence-electron chi connectivity index (χ2n) is 7.88. The van der Waals surface area contributed by atoms with E-state index in [1.54, 1.807) is 12.5 Å². The van der Waals surface area contributed by atoms with Crippen molar-refractivity contribution in [3.05, 3.63) is 30.4 Å². The Kier molecular flexibility index (Phi) is 6.31. The Hall–Kier alpha value is -1.64. The molecule has 3 fully saturated rings. The zero-order valence-electron chi connectivity index (χ0n) is 15.9. The van der Waals surface area contributed by atoms with Gasteiger partial charge in [-0.1, -0.05) is 0 Å². The number of rotatable bonds is 4.